The molecule has 0 spiro atoms. The minimum Gasteiger partial charge on any atom is -0.459 e. The van der Waals surface area contributed by atoms with Crippen LogP contribution in [0.1, 0.15) is 52.4 Å². The first kappa shape index (κ1) is 27.6. The van der Waals surface area contributed by atoms with Gasteiger partial charge < -0.3 is 24.8 Å². The quantitative estimate of drug-likeness (QED) is 0.399. The standard InChI is InChI=1S/C25H35ClN2O6S/c1-17-7-5-3-4-6-8-18(2)13-22(29)32-20-14-19(10-9-17)33-25(15-20,21-16-35-24(31)28-21)34-23(30)27-12-11-26/h3-5,7,13,17,19-21H,6,8-12,14-16H2,1-2H3,(H,27,30)(H,28,31)/b4-3+,7-5-,18-13-/t17-,19-,20-,21+,25+/m1/s1. The van der Waals surface area contributed by atoms with E-state index >= 15 is 0 Å². The summed E-state index contributed by atoms with van der Waals surface area (Å²) in [6.45, 7) is 4.27. The second-order valence-electron chi connectivity index (χ2n) is 9.25. The largest absolute Gasteiger partial charge is 0.459 e. The molecule has 0 aromatic carbocycles. The van der Waals surface area contributed by atoms with Gasteiger partial charge in [-0.05, 0) is 38.5 Å². The molecule has 35 heavy (non-hydrogen) atoms. The van der Waals surface area contributed by atoms with E-state index in [4.69, 9.17) is 25.8 Å². The fourth-order valence-electron chi connectivity index (χ4n) is 4.42. The molecule has 0 aromatic heterocycles. The third-order valence-corrected chi connectivity index (χ3v) is 7.29. The van der Waals surface area contributed by atoms with E-state index in [1.165, 1.54) is 6.08 Å². The normalized spacial score (nSPS) is 35.7. The molecule has 3 aliphatic heterocycles. The zero-order valence-electron chi connectivity index (χ0n) is 20.3. The molecule has 194 valence electrons. The van der Waals surface area contributed by atoms with Crippen LogP contribution in [0.25, 0.3) is 0 Å². The van der Waals surface area contributed by atoms with E-state index in [1.54, 1.807) is 0 Å². The molecule has 3 heterocycles. The number of carbonyl (C=O) groups is 3. The van der Waals surface area contributed by atoms with Gasteiger partial charge in [-0.25, -0.2) is 9.59 Å². The van der Waals surface area contributed by atoms with Crippen molar-refractivity contribution in [3.63, 3.8) is 0 Å². The van der Waals surface area contributed by atoms with Gasteiger partial charge in [0, 0.05) is 30.7 Å². The van der Waals surface area contributed by atoms with Crippen LogP contribution < -0.4 is 10.6 Å². The lowest BCUT2D eigenvalue weighted by atomic mass is 9.90. The molecule has 2 amide bonds. The third kappa shape index (κ3) is 8.58. The summed E-state index contributed by atoms with van der Waals surface area (Å²) in [5.41, 5.74) is 0.926. The second-order valence-corrected chi connectivity index (χ2v) is 10.6. The molecule has 0 saturated carbocycles. The molecule has 2 fully saturated rings. The Hall–Kier alpha value is -1.97. The fraction of sp³-hybridized carbons (Fsp3) is 0.640. The number of allylic oxidation sites excluding steroid dienone is 5. The number of alkyl halides is 1. The molecule has 2 N–H and O–H groups in total. The Labute approximate surface area is 216 Å². The van der Waals surface area contributed by atoms with E-state index in [1.807, 2.05) is 19.1 Å². The molecule has 3 aliphatic rings. The highest BCUT2D eigenvalue weighted by Gasteiger charge is 2.54. The summed E-state index contributed by atoms with van der Waals surface area (Å²) >= 11 is 6.81. The zero-order valence-corrected chi connectivity index (χ0v) is 21.9. The molecular formula is C25H35ClN2O6S. The van der Waals surface area contributed by atoms with Crippen LogP contribution >= 0.6 is 23.4 Å². The zero-order chi connectivity index (χ0) is 25.3. The second kappa shape index (κ2) is 13.4. The van der Waals surface area contributed by atoms with Crippen molar-refractivity contribution in [2.45, 2.75) is 76.4 Å². The summed E-state index contributed by atoms with van der Waals surface area (Å²) in [6, 6.07) is -0.573. The van der Waals surface area contributed by atoms with Crippen LogP contribution in [0.4, 0.5) is 9.59 Å². The number of amides is 2. The SMILES string of the molecule is C/C1=C/C(=O)O[C@@H]2C[C@@H](CC[C@H](C)/C=C\C=C\CC1)O[C@@](OC(=O)NCCCl)([C@@H]1CSC(=O)N1)C2. The van der Waals surface area contributed by atoms with Gasteiger partial charge in [0.1, 0.15) is 12.1 Å². The Kier molecular flexibility index (Phi) is 10.5. The number of hydrogen-bond acceptors (Lipinski definition) is 7. The third-order valence-electron chi connectivity index (χ3n) is 6.22. The first-order chi connectivity index (χ1) is 16.8. The summed E-state index contributed by atoms with van der Waals surface area (Å²) in [4.78, 5) is 37.3. The van der Waals surface area contributed by atoms with Gasteiger partial charge in [0.15, 0.2) is 0 Å². The summed E-state index contributed by atoms with van der Waals surface area (Å²) in [5.74, 6) is -0.976. The molecule has 0 unspecified atom stereocenters. The molecule has 0 aliphatic carbocycles. The van der Waals surface area contributed by atoms with Crippen molar-refractivity contribution in [3.8, 4) is 0 Å². The number of fused-ring (bicyclic) bond motifs is 2. The lowest BCUT2D eigenvalue weighted by molar-refractivity contribution is -0.281. The van der Waals surface area contributed by atoms with Crippen LogP contribution in [0.5, 0.6) is 0 Å². The van der Waals surface area contributed by atoms with Crippen LogP contribution in [0.2, 0.25) is 0 Å². The van der Waals surface area contributed by atoms with Crippen LogP contribution in [-0.2, 0) is 19.0 Å². The molecule has 8 nitrogen and oxygen atoms in total. The van der Waals surface area contributed by atoms with Gasteiger partial charge in [-0.3, -0.25) is 4.79 Å². The number of esters is 1. The number of carbonyl (C=O) groups excluding carboxylic acids is 3. The minimum atomic E-state index is -1.46. The van der Waals surface area contributed by atoms with E-state index in [0.29, 0.717) is 24.5 Å². The highest BCUT2D eigenvalue weighted by molar-refractivity contribution is 8.14. The highest BCUT2D eigenvalue weighted by atomic mass is 35.5. The van der Waals surface area contributed by atoms with Gasteiger partial charge >= 0.3 is 12.1 Å². The van der Waals surface area contributed by atoms with Crippen LogP contribution in [-0.4, -0.2) is 59.5 Å². The molecule has 10 heteroatoms. The summed E-state index contributed by atoms with van der Waals surface area (Å²) in [5, 5.41) is 5.25. The van der Waals surface area contributed by atoms with E-state index in [0.717, 1.165) is 36.6 Å². The van der Waals surface area contributed by atoms with E-state index in [2.05, 4.69) is 29.7 Å². The van der Waals surface area contributed by atoms with E-state index < -0.39 is 30.0 Å². The predicted octanol–water partition coefficient (Wildman–Crippen LogP) is 4.83. The van der Waals surface area contributed by atoms with Gasteiger partial charge in [0.25, 0.3) is 5.24 Å². The van der Waals surface area contributed by atoms with Crippen molar-refractivity contribution in [1.29, 1.82) is 0 Å². The Morgan fingerprint density at radius 3 is 2.89 bits per heavy atom. The van der Waals surface area contributed by atoms with Gasteiger partial charge in [-0.1, -0.05) is 48.6 Å². The lowest BCUT2D eigenvalue weighted by Gasteiger charge is -2.46. The maximum absolute atomic E-state index is 12.7. The number of ether oxygens (including phenoxy) is 3. The molecule has 0 aromatic rings. The van der Waals surface area contributed by atoms with Crippen molar-refractivity contribution in [2.24, 2.45) is 5.92 Å². The topological polar surface area (TPSA) is 103 Å². The smallest absolute Gasteiger partial charge is 0.409 e. The summed E-state index contributed by atoms with van der Waals surface area (Å²) in [7, 11) is 0. The fourth-order valence-corrected chi connectivity index (χ4v) is 5.40. The first-order valence-electron chi connectivity index (χ1n) is 12.1. The van der Waals surface area contributed by atoms with Crippen molar-refractivity contribution in [3.05, 3.63) is 36.0 Å². The van der Waals surface area contributed by atoms with Gasteiger partial charge in [0.2, 0.25) is 5.79 Å². The number of halogens is 1. The Balaban J connectivity index is 1.88. The van der Waals surface area contributed by atoms with Crippen molar-refractivity contribution in [2.75, 3.05) is 18.2 Å². The van der Waals surface area contributed by atoms with Gasteiger partial charge in [-0.2, -0.15) is 0 Å². The van der Waals surface area contributed by atoms with Gasteiger partial charge in [-0.15, -0.1) is 11.6 Å². The molecule has 2 saturated heterocycles. The number of hydrogen-bond donors (Lipinski definition) is 2. The van der Waals surface area contributed by atoms with Crippen molar-refractivity contribution < 1.29 is 28.6 Å². The maximum Gasteiger partial charge on any atom is 0.409 e. The Morgan fingerprint density at radius 1 is 1.31 bits per heavy atom. The predicted molar refractivity (Wildman–Crippen MR) is 136 cm³/mol. The van der Waals surface area contributed by atoms with Gasteiger partial charge in [0.05, 0.1) is 12.5 Å². The molecule has 2 bridgehead atoms. The molecule has 3 rings (SSSR count). The van der Waals surface area contributed by atoms with Crippen molar-refractivity contribution in [1.82, 2.24) is 10.6 Å². The highest BCUT2D eigenvalue weighted by Crippen LogP contribution is 2.39. The molecule has 5 atom stereocenters. The van der Waals surface area contributed by atoms with E-state index in [9.17, 15) is 14.4 Å². The average molecular weight is 527 g/mol. The Morgan fingerprint density at radius 2 is 2.14 bits per heavy atom. The average Bonchev–Trinajstić information content (AvgIpc) is 3.25. The first-order valence-corrected chi connectivity index (χ1v) is 13.7. The number of rotatable bonds is 4. The monoisotopic (exact) mass is 526 g/mol. The number of alkyl carbamates (subject to hydrolysis) is 1. The summed E-state index contributed by atoms with van der Waals surface area (Å²) < 4.78 is 18.1. The van der Waals surface area contributed by atoms with Crippen LogP contribution in [0.15, 0.2) is 36.0 Å². The molecular weight excluding hydrogens is 492 g/mol. The van der Waals surface area contributed by atoms with E-state index in [-0.39, 0.29) is 30.2 Å². The van der Waals surface area contributed by atoms with Crippen molar-refractivity contribution >= 4 is 40.7 Å². The van der Waals surface area contributed by atoms with Crippen LogP contribution in [0, 0.1) is 5.92 Å². The number of nitrogens with one attached hydrogen (secondary N) is 2. The minimum absolute atomic E-state index is 0.125. The lowest BCUT2D eigenvalue weighted by Crippen LogP contribution is -2.61. The number of thioether (sulfide) groups is 1. The Bertz CT molecular complexity index is 863. The maximum atomic E-state index is 12.7. The summed E-state index contributed by atoms with van der Waals surface area (Å²) in [6.07, 6.45) is 12.0. The van der Waals surface area contributed by atoms with Crippen LogP contribution in [0.3, 0.4) is 0 Å². The molecule has 0 radical (unpaired) electrons.